The molecular formula is C15H27N5O. The van der Waals surface area contributed by atoms with E-state index in [1.165, 1.54) is 0 Å². The van der Waals surface area contributed by atoms with Gasteiger partial charge in [-0.05, 0) is 34.6 Å². The molecule has 1 amide bonds. The number of hydrogen-bond acceptors (Lipinski definition) is 5. The van der Waals surface area contributed by atoms with Crippen molar-refractivity contribution in [1.82, 2.24) is 15.3 Å². The van der Waals surface area contributed by atoms with E-state index >= 15 is 0 Å². The predicted octanol–water partition coefficient (Wildman–Crippen LogP) is 2.11. The minimum Gasteiger partial charge on any atom is -0.370 e. The Kier molecular flexibility index (Phi) is 5.93. The summed E-state index contributed by atoms with van der Waals surface area (Å²) in [4.78, 5) is 20.8. The maximum atomic E-state index is 11.9. The molecule has 0 bridgehead atoms. The van der Waals surface area contributed by atoms with Crippen molar-refractivity contribution in [3.8, 4) is 0 Å². The maximum absolute atomic E-state index is 11.9. The van der Waals surface area contributed by atoms with Crippen molar-refractivity contribution < 1.29 is 4.79 Å². The number of carbonyl (C=O) groups excluding carboxylic acids is 1. The van der Waals surface area contributed by atoms with Gasteiger partial charge < -0.3 is 16.0 Å². The zero-order valence-corrected chi connectivity index (χ0v) is 13.9. The van der Waals surface area contributed by atoms with Crippen LogP contribution in [0.5, 0.6) is 0 Å². The number of nitrogens with zero attached hydrogens (tertiary/aromatic N) is 2. The fourth-order valence-corrected chi connectivity index (χ4v) is 1.86. The number of amides is 1. The second kappa shape index (κ2) is 7.24. The highest BCUT2D eigenvalue weighted by molar-refractivity contribution is 5.81. The average Bonchev–Trinajstić information content (AvgIpc) is 2.38. The predicted molar refractivity (Wildman–Crippen MR) is 86.7 cm³/mol. The Morgan fingerprint density at radius 2 is 1.67 bits per heavy atom. The van der Waals surface area contributed by atoms with Gasteiger partial charge in [0.05, 0.1) is 6.54 Å². The average molecular weight is 293 g/mol. The third-order valence-electron chi connectivity index (χ3n) is 2.78. The molecule has 0 fully saturated rings. The topological polar surface area (TPSA) is 78.9 Å². The highest BCUT2D eigenvalue weighted by Gasteiger charge is 2.15. The molecule has 0 aliphatic carbocycles. The zero-order chi connectivity index (χ0) is 16.0. The number of aryl methyl sites for hydroxylation is 1. The largest absolute Gasteiger partial charge is 0.370 e. The standard InChI is InChI=1S/C15H27N5O/c1-7-11-18-13(16-8-2)10(3)14(19-11)17-9-12(21)20-15(4,5)6/h7-9H2,1-6H3,(H,20,21)(H2,16,17,18,19). The minimum atomic E-state index is -0.233. The van der Waals surface area contributed by atoms with Crippen molar-refractivity contribution in [3.63, 3.8) is 0 Å². The van der Waals surface area contributed by atoms with Crippen LogP contribution in [0.3, 0.4) is 0 Å². The van der Waals surface area contributed by atoms with Crippen molar-refractivity contribution in [2.75, 3.05) is 23.7 Å². The first-order valence-electron chi connectivity index (χ1n) is 7.43. The van der Waals surface area contributed by atoms with E-state index in [0.29, 0.717) is 5.82 Å². The molecule has 0 atom stereocenters. The third-order valence-corrected chi connectivity index (χ3v) is 2.78. The minimum absolute atomic E-state index is 0.0523. The van der Waals surface area contributed by atoms with E-state index in [9.17, 15) is 4.79 Å². The van der Waals surface area contributed by atoms with Crippen LogP contribution in [-0.4, -0.2) is 34.5 Å². The van der Waals surface area contributed by atoms with E-state index in [2.05, 4.69) is 25.9 Å². The van der Waals surface area contributed by atoms with E-state index in [0.717, 1.165) is 30.2 Å². The molecule has 1 rings (SSSR count). The summed E-state index contributed by atoms with van der Waals surface area (Å²) < 4.78 is 0. The summed E-state index contributed by atoms with van der Waals surface area (Å²) in [5.74, 6) is 2.24. The van der Waals surface area contributed by atoms with Gasteiger partial charge in [-0.2, -0.15) is 0 Å². The van der Waals surface area contributed by atoms with Gasteiger partial charge in [0.15, 0.2) is 0 Å². The van der Waals surface area contributed by atoms with Gasteiger partial charge in [0.2, 0.25) is 5.91 Å². The number of anilines is 2. The normalized spacial score (nSPS) is 11.1. The molecule has 1 aromatic heterocycles. The number of carbonyl (C=O) groups is 1. The van der Waals surface area contributed by atoms with Gasteiger partial charge in [-0.25, -0.2) is 9.97 Å². The molecular weight excluding hydrogens is 266 g/mol. The van der Waals surface area contributed by atoms with Crippen LogP contribution in [0, 0.1) is 6.92 Å². The van der Waals surface area contributed by atoms with Crippen molar-refractivity contribution in [2.45, 2.75) is 53.5 Å². The van der Waals surface area contributed by atoms with Crippen LogP contribution in [-0.2, 0) is 11.2 Å². The summed E-state index contributed by atoms with van der Waals surface area (Å²) in [5, 5.41) is 9.25. The Labute approximate surface area is 127 Å². The summed E-state index contributed by atoms with van der Waals surface area (Å²) in [6.45, 7) is 12.8. The van der Waals surface area contributed by atoms with Crippen LogP contribution in [0.25, 0.3) is 0 Å². The molecule has 118 valence electrons. The SMILES string of the molecule is CCNc1nc(CC)nc(NCC(=O)NC(C)(C)C)c1C. The molecule has 0 aliphatic rings. The van der Waals surface area contributed by atoms with Gasteiger partial charge in [0.1, 0.15) is 17.5 Å². The van der Waals surface area contributed by atoms with Crippen LogP contribution in [0.4, 0.5) is 11.6 Å². The summed E-state index contributed by atoms with van der Waals surface area (Å²) >= 11 is 0. The first-order chi connectivity index (χ1) is 9.76. The lowest BCUT2D eigenvalue weighted by Crippen LogP contribution is -2.43. The van der Waals surface area contributed by atoms with Crippen LogP contribution in [0.1, 0.15) is 46.0 Å². The molecule has 0 saturated carbocycles. The zero-order valence-electron chi connectivity index (χ0n) is 13.9. The van der Waals surface area contributed by atoms with Crippen LogP contribution in [0.15, 0.2) is 0 Å². The summed E-state index contributed by atoms with van der Waals surface area (Å²) in [5.41, 5.74) is 0.695. The smallest absolute Gasteiger partial charge is 0.239 e. The fraction of sp³-hybridized carbons (Fsp3) is 0.667. The lowest BCUT2D eigenvalue weighted by molar-refractivity contribution is -0.120. The molecule has 1 heterocycles. The summed E-state index contributed by atoms with van der Waals surface area (Å²) in [6.07, 6.45) is 0.752. The van der Waals surface area contributed by atoms with Crippen molar-refractivity contribution >= 4 is 17.5 Å². The number of aromatic nitrogens is 2. The van der Waals surface area contributed by atoms with Gasteiger partial charge in [-0.15, -0.1) is 0 Å². The van der Waals surface area contributed by atoms with Gasteiger partial charge in [0, 0.05) is 24.1 Å². The van der Waals surface area contributed by atoms with Gasteiger partial charge in [-0.3, -0.25) is 4.79 Å². The van der Waals surface area contributed by atoms with E-state index in [1.807, 2.05) is 41.5 Å². The number of rotatable bonds is 6. The maximum Gasteiger partial charge on any atom is 0.239 e. The highest BCUT2D eigenvalue weighted by atomic mass is 16.2. The Balaban J connectivity index is 2.82. The lowest BCUT2D eigenvalue weighted by Gasteiger charge is -2.21. The molecule has 0 saturated heterocycles. The summed E-state index contributed by atoms with van der Waals surface area (Å²) in [7, 11) is 0. The molecule has 0 unspecified atom stereocenters. The molecule has 1 aromatic rings. The monoisotopic (exact) mass is 293 g/mol. The van der Waals surface area contributed by atoms with Crippen LogP contribution in [0.2, 0.25) is 0 Å². The molecule has 0 aliphatic heterocycles. The fourth-order valence-electron chi connectivity index (χ4n) is 1.86. The van der Waals surface area contributed by atoms with E-state index in [4.69, 9.17) is 0 Å². The van der Waals surface area contributed by atoms with Crippen molar-refractivity contribution in [2.24, 2.45) is 0 Å². The molecule has 3 N–H and O–H groups in total. The second-order valence-electron chi connectivity index (χ2n) is 6.00. The van der Waals surface area contributed by atoms with Gasteiger partial charge in [-0.1, -0.05) is 6.92 Å². The third kappa shape index (κ3) is 5.57. The molecule has 6 heteroatoms. The number of nitrogens with one attached hydrogen (secondary N) is 3. The second-order valence-corrected chi connectivity index (χ2v) is 6.00. The van der Waals surface area contributed by atoms with Gasteiger partial charge in [0.25, 0.3) is 0 Å². The Bertz CT molecular complexity index is 494. The highest BCUT2D eigenvalue weighted by Crippen LogP contribution is 2.19. The van der Waals surface area contributed by atoms with E-state index in [-0.39, 0.29) is 18.0 Å². The first kappa shape index (κ1) is 17.2. The molecule has 21 heavy (non-hydrogen) atoms. The van der Waals surface area contributed by atoms with Crippen molar-refractivity contribution in [1.29, 1.82) is 0 Å². The van der Waals surface area contributed by atoms with Gasteiger partial charge >= 0.3 is 0 Å². The first-order valence-corrected chi connectivity index (χ1v) is 7.43. The van der Waals surface area contributed by atoms with Crippen LogP contribution >= 0.6 is 0 Å². The van der Waals surface area contributed by atoms with Crippen LogP contribution < -0.4 is 16.0 Å². The Morgan fingerprint density at radius 3 is 2.14 bits per heavy atom. The Morgan fingerprint density at radius 1 is 1.10 bits per heavy atom. The molecule has 0 radical (unpaired) electrons. The molecule has 6 nitrogen and oxygen atoms in total. The number of hydrogen-bond donors (Lipinski definition) is 3. The lowest BCUT2D eigenvalue weighted by atomic mass is 10.1. The molecule has 0 aromatic carbocycles. The van der Waals surface area contributed by atoms with E-state index < -0.39 is 0 Å². The summed E-state index contributed by atoms with van der Waals surface area (Å²) in [6, 6.07) is 0. The van der Waals surface area contributed by atoms with E-state index in [1.54, 1.807) is 0 Å². The quantitative estimate of drug-likeness (QED) is 0.748. The Hall–Kier alpha value is -1.85. The molecule has 0 spiro atoms. The van der Waals surface area contributed by atoms with Crippen molar-refractivity contribution in [3.05, 3.63) is 11.4 Å².